The van der Waals surface area contributed by atoms with Crippen LogP contribution in [0, 0.1) is 0 Å². The molecule has 16 heavy (non-hydrogen) atoms. The molecule has 3 aromatic rings. The van der Waals surface area contributed by atoms with Crippen molar-refractivity contribution in [2.45, 2.75) is 0 Å². The van der Waals surface area contributed by atoms with Gasteiger partial charge < -0.3 is 4.42 Å². The lowest BCUT2D eigenvalue weighted by Crippen LogP contribution is -1.92. The Kier molecular flexibility index (Phi) is 2.23. The first kappa shape index (κ1) is 9.23. The van der Waals surface area contributed by atoms with Gasteiger partial charge in [-0.05, 0) is 23.6 Å². The first-order valence-corrected chi connectivity index (χ1v) is 5.59. The summed E-state index contributed by atoms with van der Waals surface area (Å²) >= 11 is 1.59. The lowest BCUT2D eigenvalue weighted by molar-refractivity contribution is 0.578. The van der Waals surface area contributed by atoms with Crippen LogP contribution in [0.25, 0.3) is 22.2 Å². The van der Waals surface area contributed by atoms with Crippen LogP contribution < -0.4 is 0 Å². The molecule has 0 aliphatic carbocycles. The van der Waals surface area contributed by atoms with Gasteiger partial charge in [0.1, 0.15) is 5.69 Å². The van der Waals surface area contributed by atoms with Gasteiger partial charge in [0.25, 0.3) is 0 Å². The fourth-order valence-electron chi connectivity index (χ4n) is 1.33. The largest absolute Gasteiger partial charge is 0.463 e. The summed E-state index contributed by atoms with van der Waals surface area (Å²) in [6, 6.07) is 7.57. The van der Waals surface area contributed by atoms with E-state index in [4.69, 9.17) is 4.42 Å². The highest BCUT2D eigenvalue weighted by molar-refractivity contribution is 7.13. The molecule has 3 rings (SSSR count). The smallest absolute Gasteiger partial charge is 0.191 e. The minimum Gasteiger partial charge on any atom is -0.463 e. The molecule has 0 bridgehead atoms. The van der Waals surface area contributed by atoms with E-state index < -0.39 is 0 Å². The van der Waals surface area contributed by atoms with Crippen molar-refractivity contribution in [1.29, 1.82) is 0 Å². The summed E-state index contributed by atoms with van der Waals surface area (Å²) in [6.07, 6.45) is 3.27. The maximum Gasteiger partial charge on any atom is 0.191 e. The third-order valence-corrected chi connectivity index (χ3v) is 2.94. The molecular formula is C11H7N3OS. The topological polar surface area (TPSA) is 51.8 Å². The van der Waals surface area contributed by atoms with E-state index in [0.29, 0.717) is 17.3 Å². The van der Waals surface area contributed by atoms with Gasteiger partial charge in [0.2, 0.25) is 0 Å². The molecule has 3 aromatic heterocycles. The molecule has 3 heterocycles. The highest BCUT2D eigenvalue weighted by Crippen LogP contribution is 2.21. The summed E-state index contributed by atoms with van der Waals surface area (Å²) in [5, 5.41) is 10.1. The number of rotatable bonds is 2. The Morgan fingerprint density at radius 2 is 2.12 bits per heavy atom. The Hall–Kier alpha value is -2.01. The normalized spacial score (nSPS) is 10.5. The second-order valence-electron chi connectivity index (χ2n) is 3.12. The van der Waals surface area contributed by atoms with E-state index in [9.17, 15) is 0 Å². The second-order valence-corrected chi connectivity index (χ2v) is 4.07. The highest BCUT2D eigenvalue weighted by atomic mass is 32.1. The molecule has 0 atom stereocenters. The van der Waals surface area contributed by atoms with E-state index in [1.54, 1.807) is 23.8 Å². The lowest BCUT2D eigenvalue weighted by Gasteiger charge is -1.96. The summed E-state index contributed by atoms with van der Waals surface area (Å²) in [5.41, 5.74) is 0.644. The number of furan rings is 1. The van der Waals surface area contributed by atoms with Gasteiger partial charge >= 0.3 is 0 Å². The minimum absolute atomic E-state index is 0.644. The zero-order chi connectivity index (χ0) is 10.8. The molecule has 0 spiro atoms. The van der Waals surface area contributed by atoms with Crippen molar-refractivity contribution in [1.82, 2.24) is 15.2 Å². The van der Waals surface area contributed by atoms with E-state index in [1.165, 1.54) is 0 Å². The van der Waals surface area contributed by atoms with Gasteiger partial charge in [0, 0.05) is 0 Å². The number of hydrogen-bond donors (Lipinski definition) is 0. The van der Waals surface area contributed by atoms with Crippen molar-refractivity contribution in [2.24, 2.45) is 0 Å². The Bertz CT molecular complexity index is 505. The van der Waals surface area contributed by atoms with Crippen molar-refractivity contribution in [3.8, 4) is 22.2 Å². The highest BCUT2D eigenvalue weighted by Gasteiger charge is 2.06. The van der Waals surface area contributed by atoms with Gasteiger partial charge in [0.05, 0.1) is 17.3 Å². The minimum atomic E-state index is 0.644. The SMILES string of the molecule is c1coc(-c2cnc(-c3cccs3)nn2)c1. The molecule has 0 aromatic carbocycles. The third kappa shape index (κ3) is 1.61. The van der Waals surface area contributed by atoms with Crippen molar-refractivity contribution in [3.05, 3.63) is 42.1 Å². The Morgan fingerprint density at radius 1 is 1.12 bits per heavy atom. The standard InChI is InChI=1S/C11H7N3OS/c1-3-9(15-5-1)8-7-12-11(14-13-8)10-4-2-6-16-10/h1-7H. The van der Waals surface area contributed by atoms with E-state index in [-0.39, 0.29) is 0 Å². The molecule has 5 heteroatoms. The van der Waals surface area contributed by atoms with Crippen molar-refractivity contribution >= 4 is 11.3 Å². The van der Waals surface area contributed by atoms with Gasteiger partial charge in [-0.2, -0.15) is 0 Å². The van der Waals surface area contributed by atoms with Crippen LogP contribution in [0.4, 0.5) is 0 Å². The first-order chi connectivity index (χ1) is 7.93. The molecule has 0 radical (unpaired) electrons. The lowest BCUT2D eigenvalue weighted by atomic mass is 10.3. The fourth-order valence-corrected chi connectivity index (χ4v) is 1.99. The zero-order valence-electron chi connectivity index (χ0n) is 8.20. The van der Waals surface area contributed by atoms with Crippen LogP contribution in [0.2, 0.25) is 0 Å². The Labute approximate surface area is 95.6 Å². The van der Waals surface area contributed by atoms with E-state index in [0.717, 1.165) is 4.88 Å². The van der Waals surface area contributed by atoms with Crippen molar-refractivity contribution in [3.63, 3.8) is 0 Å². The van der Waals surface area contributed by atoms with Gasteiger partial charge in [-0.3, -0.25) is 0 Å². The summed E-state index contributed by atoms with van der Waals surface area (Å²) in [5.74, 6) is 1.32. The molecule has 0 saturated heterocycles. The predicted molar refractivity (Wildman–Crippen MR) is 60.8 cm³/mol. The molecule has 4 nitrogen and oxygen atoms in total. The summed E-state index contributed by atoms with van der Waals surface area (Å²) < 4.78 is 5.21. The summed E-state index contributed by atoms with van der Waals surface area (Å²) in [6.45, 7) is 0. The molecule has 78 valence electrons. The van der Waals surface area contributed by atoms with Crippen LogP contribution in [0.15, 0.2) is 46.5 Å². The fraction of sp³-hybridized carbons (Fsp3) is 0. The van der Waals surface area contributed by atoms with Gasteiger partial charge in [-0.1, -0.05) is 6.07 Å². The predicted octanol–water partition coefficient (Wildman–Crippen LogP) is 2.86. The zero-order valence-corrected chi connectivity index (χ0v) is 9.02. The molecule has 0 N–H and O–H groups in total. The average Bonchev–Trinajstić information content (AvgIpc) is 3.03. The Morgan fingerprint density at radius 3 is 2.75 bits per heavy atom. The molecule has 0 amide bonds. The van der Waals surface area contributed by atoms with Gasteiger partial charge in [-0.15, -0.1) is 21.5 Å². The quantitative estimate of drug-likeness (QED) is 0.678. The van der Waals surface area contributed by atoms with Crippen LogP contribution in [-0.2, 0) is 0 Å². The molecule has 0 fully saturated rings. The van der Waals surface area contributed by atoms with Crippen molar-refractivity contribution < 1.29 is 4.42 Å². The average molecular weight is 229 g/mol. The van der Waals surface area contributed by atoms with Gasteiger partial charge in [0.15, 0.2) is 11.6 Å². The monoisotopic (exact) mass is 229 g/mol. The summed E-state index contributed by atoms with van der Waals surface area (Å²) in [7, 11) is 0. The van der Waals surface area contributed by atoms with E-state index in [1.807, 2.05) is 29.6 Å². The maximum absolute atomic E-state index is 5.21. The van der Waals surface area contributed by atoms with Crippen LogP contribution >= 0.6 is 11.3 Å². The van der Waals surface area contributed by atoms with Crippen LogP contribution in [0.5, 0.6) is 0 Å². The number of nitrogens with zero attached hydrogens (tertiary/aromatic N) is 3. The first-order valence-electron chi connectivity index (χ1n) is 4.71. The Balaban J connectivity index is 1.97. The number of hydrogen-bond acceptors (Lipinski definition) is 5. The molecule has 0 aliphatic rings. The van der Waals surface area contributed by atoms with Crippen LogP contribution in [-0.4, -0.2) is 15.2 Å². The van der Waals surface area contributed by atoms with Gasteiger partial charge in [-0.25, -0.2) is 4.98 Å². The molecular weight excluding hydrogens is 222 g/mol. The second kappa shape index (κ2) is 3.86. The third-order valence-electron chi connectivity index (χ3n) is 2.08. The van der Waals surface area contributed by atoms with E-state index >= 15 is 0 Å². The molecule has 0 saturated carbocycles. The maximum atomic E-state index is 5.21. The number of thiophene rings is 1. The molecule has 0 aliphatic heterocycles. The van der Waals surface area contributed by atoms with Crippen LogP contribution in [0.1, 0.15) is 0 Å². The van der Waals surface area contributed by atoms with Crippen LogP contribution in [0.3, 0.4) is 0 Å². The number of aromatic nitrogens is 3. The van der Waals surface area contributed by atoms with E-state index in [2.05, 4.69) is 15.2 Å². The summed E-state index contributed by atoms with van der Waals surface area (Å²) in [4.78, 5) is 5.27. The van der Waals surface area contributed by atoms with Crippen molar-refractivity contribution in [2.75, 3.05) is 0 Å². The molecule has 0 unspecified atom stereocenters.